The number of aromatic nitrogens is 1. The van der Waals surface area contributed by atoms with E-state index in [0.717, 1.165) is 0 Å². The topological polar surface area (TPSA) is 122 Å². The van der Waals surface area contributed by atoms with Crippen molar-refractivity contribution in [2.24, 2.45) is 5.73 Å². The molecule has 6 heteroatoms. The summed E-state index contributed by atoms with van der Waals surface area (Å²) in [5.41, 5.74) is 11.7. The molecule has 6 nitrogen and oxygen atoms in total. The summed E-state index contributed by atoms with van der Waals surface area (Å²) in [5.74, 6) is -1.71. The van der Waals surface area contributed by atoms with Crippen LogP contribution in [0, 0.1) is 0 Å². The number of fused-ring (bicyclic) bond motifs is 1. The van der Waals surface area contributed by atoms with Gasteiger partial charge in [0.15, 0.2) is 0 Å². The second-order valence-corrected chi connectivity index (χ2v) is 3.38. The molecule has 2 aromatic rings. The smallest absolute Gasteiger partial charge is 0.352 e. The van der Waals surface area contributed by atoms with Gasteiger partial charge in [0.2, 0.25) is 0 Å². The summed E-state index contributed by atoms with van der Waals surface area (Å²) in [6, 6.07) is 4.38. The van der Waals surface area contributed by atoms with Gasteiger partial charge in [0.1, 0.15) is 5.69 Å². The molecule has 1 aromatic carbocycles. The highest BCUT2D eigenvalue weighted by molar-refractivity contribution is 6.04. The Balaban J connectivity index is 2.70. The minimum Gasteiger partial charge on any atom is -0.477 e. The first-order valence-corrected chi connectivity index (χ1v) is 4.44. The van der Waals surface area contributed by atoms with Crippen molar-refractivity contribution in [2.45, 2.75) is 0 Å². The summed E-state index contributed by atoms with van der Waals surface area (Å²) in [6.07, 6.45) is 0. The molecule has 0 aliphatic heterocycles. The van der Waals surface area contributed by atoms with Crippen molar-refractivity contribution in [1.29, 1.82) is 0 Å². The average molecular weight is 219 g/mol. The molecule has 0 spiro atoms. The molecule has 82 valence electrons. The van der Waals surface area contributed by atoms with Crippen molar-refractivity contribution in [3.63, 3.8) is 0 Å². The van der Waals surface area contributed by atoms with Crippen molar-refractivity contribution < 1.29 is 14.7 Å². The van der Waals surface area contributed by atoms with Gasteiger partial charge in [-0.15, -0.1) is 0 Å². The molecule has 0 saturated carbocycles. The van der Waals surface area contributed by atoms with Crippen molar-refractivity contribution >= 4 is 28.5 Å². The lowest BCUT2D eigenvalue weighted by Crippen LogP contribution is -2.13. The third kappa shape index (κ3) is 1.46. The number of carboxylic acids is 1. The number of hydrogen-bond donors (Lipinski definition) is 4. The third-order valence-corrected chi connectivity index (χ3v) is 2.29. The number of carboxylic acid groups (broad SMARTS) is 1. The highest BCUT2D eigenvalue weighted by Gasteiger charge is 2.12. The lowest BCUT2D eigenvalue weighted by molar-refractivity contribution is 0.0691. The van der Waals surface area contributed by atoms with Crippen LogP contribution in [0.15, 0.2) is 18.2 Å². The molecule has 0 saturated heterocycles. The van der Waals surface area contributed by atoms with Crippen LogP contribution in [0.4, 0.5) is 5.69 Å². The van der Waals surface area contributed by atoms with E-state index in [1.165, 1.54) is 18.2 Å². The molecule has 0 aliphatic carbocycles. The van der Waals surface area contributed by atoms with E-state index in [9.17, 15) is 9.59 Å². The van der Waals surface area contributed by atoms with E-state index < -0.39 is 11.9 Å². The monoisotopic (exact) mass is 219 g/mol. The van der Waals surface area contributed by atoms with Gasteiger partial charge in [0.05, 0.1) is 5.56 Å². The van der Waals surface area contributed by atoms with E-state index >= 15 is 0 Å². The number of rotatable bonds is 2. The largest absolute Gasteiger partial charge is 0.477 e. The Morgan fingerprint density at radius 2 is 1.94 bits per heavy atom. The number of hydrogen-bond acceptors (Lipinski definition) is 3. The van der Waals surface area contributed by atoms with Crippen molar-refractivity contribution in [1.82, 2.24) is 4.98 Å². The van der Waals surface area contributed by atoms with E-state index in [2.05, 4.69) is 4.98 Å². The number of nitrogens with two attached hydrogens (primary N) is 2. The normalized spacial score (nSPS) is 10.5. The van der Waals surface area contributed by atoms with Crippen molar-refractivity contribution in [3.05, 3.63) is 29.5 Å². The number of benzene rings is 1. The summed E-state index contributed by atoms with van der Waals surface area (Å²) in [7, 11) is 0. The Labute approximate surface area is 89.8 Å². The standard InChI is InChI=1S/C10H9N3O3/c11-6-3-7-4(1-5(6)9(12)14)2-8(13-7)10(15)16/h1-3,13H,11H2,(H2,12,14)(H,15,16). The molecule has 1 amide bonds. The molecule has 2 rings (SSSR count). The molecular formula is C10H9N3O3. The molecule has 1 heterocycles. The summed E-state index contributed by atoms with van der Waals surface area (Å²) < 4.78 is 0. The Hall–Kier alpha value is -2.50. The van der Waals surface area contributed by atoms with E-state index in [4.69, 9.17) is 16.6 Å². The number of primary amides is 1. The maximum atomic E-state index is 11.0. The van der Waals surface area contributed by atoms with Crippen molar-refractivity contribution in [2.75, 3.05) is 5.73 Å². The molecule has 0 bridgehead atoms. The lowest BCUT2D eigenvalue weighted by Gasteiger charge is -2.00. The number of aromatic amines is 1. The Morgan fingerprint density at radius 3 is 2.50 bits per heavy atom. The molecule has 0 fully saturated rings. The van der Waals surface area contributed by atoms with Crippen molar-refractivity contribution in [3.8, 4) is 0 Å². The first-order valence-electron chi connectivity index (χ1n) is 4.44. The fourth-order valence-electron chi connectivity index (χ4n) is 1.53. The maximum absolute atomic E-state index is 11.0. The van der Waals surface area contributed by atoms with Crippen LogP contribution in [-0.2, 0) is 0 Å². The van der Waals surface area contributed by atoms with Crippen LogP contribution < -0.4 is 11.5 Å². The van der Waals surface area contributed by atoms with Gasteiger partial charge in [-0.25, -0.2) is 4.79 Å². The number of H-pyrrole nitrogens is 1. The van der Waals surface area contributed by atoms with Gasteiger partial charge >= 0.3 is 5.97 Å². The first-order chi connectivity index (χ1) is 7.49. The third-order valence-electron chi connectivity index (χ3n) is 2.29. The Bertz CT molecular complexity index is 601. The number of aromatic carboxylic acids is 1. The number of carbonyl (C=O) groups excluding carboxylic acids is 1. The number of carbonyl (C=O) groups is 2. The predicted octanol–water partition coefficient (Wildman–Crippen LogP) is 0.547. The predicted molar refractivity (Wildman–Crippen MR) is 58.2 cm³/mol. The van der Waals surface area contributed by atoms with Crippen LogP contribution >= 0.6 is 0 Å². The van der Waals surface area contributed by atoms with Gasteiger partial charge in [-0.2, -0.15) is 0 Å². The van der Waals surface area contributed by atoms with Crippen LogP contribution in [0.2, 0.25) is 0 Å². The van der Waals surface area contributed by atoms with E-state index in [-0.39, 0.29) is 16.9 Å². The SMILES string of the molecule is NC(=O)c1cc2cc(C(=O)O)[nH]c2cc1N. The summed E-state index contributed by atoms with van der Waals surface area (Å²) in [6.45, 7) is 0. The summed E-state index contributed by atoms with van der Waals surface area (Å²) in [5, 5.41) is 9.36. The number of nitrogen functional groups attached to an aromatic ring is 1. The minimum absolute atomic E-state index is 0.0380. The fourth-order valence-corrected chi connectivity index (χ4v) is 1.53. The highest BCUT2D eigenvalue weighted by atomic mass is 16.4. The van der Waals surface area contributed by atoms with Crippen LogP contribution in [0.25, 0.3) is 10.9 Å². The highest BCUT2D eigenvalue weighted by Crippen LogP contribution is 2.22. The summed E-state index contributed by atoms with van der Waals surface area (Å²) >= 11 is 0. The van der Waals surface area contributed by atoms with Crippen LogP contribution in [0.1, 0.15) is 20.8 Å². The molecule has 0 aliphatic rings. The Kier molecular flexibility index (Phi) is 2.05. The zero-order valence-electron chi connectivity index (χ0n) is 8.15. The van der Waals surface area contributed by atoms with E-state index in [1.807, 2.05) is 0 Å². The van der Waals surface area contributed by atoms with Gasteiger partial charge in [-0.3, -0.25) is 4.79 Å². The number of anilines is 1. The quantitative estimate of drug-likeness (QED) is 0.550. The zero-order chi connectivity index (χ0) is 11.9. The van der Waals surface area contributed by atoms with Gasteiger partial charge in [0.25, 0.3) is 5.91 Å². The Morgan fingerprint density at radius 1 is 1.25 bits per heavy atom. The molecule has 0 unspecified atom stereocenters. The molecule has 6 N–H and O–H groups in total. The molecule has 16 heavy (non-hydrogen) atoms. The maximum Gasteiger partial charge on any atom is 0.352 e. The van der Waals surface area contributed by atoms with E-state index in [1.54, 1.807) is 0 Å². The second-order valence-electron chi connectivity index (χ2n) is 3.38. The van der Waals surface area contributed by atoms with Crippen LogP contribution in [0.3, 0.4) is 0 Å². The average Bonchev–Trinajstić information content (AvgIpc) is 2.58. The van der Waals surface area contributed by atoms with E-state index in [0.29, 0.717) is 10.9 Å². The summed E-state index contributed by atoms with van der Waals surface area (Å²) in [4.78, 5) is 24.4. The lowest BCUT2D eigenvalue weighted by atomic mass is 10.1. The molecule has 0 atom stereocenters. The van der Waals surface area contributed by atoms with Gasteiger partial charge < -0.3 is 21.6 Å². The van der Waals surface area contributed by atoms with Gasteiger partial charge in [0, 0.05) is 16.6 Å². The minimum atomic E-state index is -1.07. The number of nitrogens with one attached hydrogen (secondary N) is 1. The fraction of sp³-hybridized carbons (Fsp3) is 0. The van der Waals surface area contributed by atoms with Crippen LogP contribution in [0.5, 0.6) is 0 Å². The van der Waals surface area contributed by atoms with Gasteiger partial charge in [-0.1, -0.05) is 0 Å². The van der Waals surface area contributed by atoms with Crippen LogP contribution in [-0.4, -0.2) is 22.0 Å². The second kappa shape index (κ2) is 3.27. The zero-order valence-corrected chi connectivity index (χ0v) is 8.15. The first kappa shape index (κ1) is 10.0. The van der Waals surface area contributed by atoms with Gasteiger partial charge in [-0.05, 0) is 18.2 Å². The molecule has 0 radical (unpaired) electrons. The molecular weight excluding hydrogens is 210 g/mol. The molecule has 1 aromatic heterocycles. The number of amides is 1.